The maximum absolute atomic E-state index is 13.8. The monoisotopic (exact) mass is 341 g/mol. The summed E-state index contributed by atoms with van der Waals surface area (Å²) in [5, 5.41) is 0. The van der Waals surface area contributed by atoms with Gasteiger partial charge in [0.05, 0.1) is 16.6 Å². The van der Waals surface area contributed by atoms with Crippen LogP contribution in [-0.4, -0.2) is 4.21 Å². The number of rotatable bonds is 4. The topological polar surface area (TPSA) is 43.1 Å². The van der Waals surface area contributed by atoms with Gasteiger partial charge in [0.15, 0.2) is 0 Å². The van der Waals surface area contributed by atoms with Gasteiger partial charge < -0.3 is 5.73 Å². The summed E-state index contributed by atoms with van der Waals surface area (Å²) in [5.41, 5.74) is 6.62. The van der Waals surface area contributed by atoms with E-state index < -0.39 is 10.8 Å². The molecule has 2 nitrogen and oxygen atoms in total. The van der Waals surface area contributed by atoms with Crippen molar-refractivity contribution in [3.63, 3.8) is 0 Å². The minimum Gasteiger partial charge on any atom is -0.326 e. The molecule has 100 valence electrons. The Bertz CT molecular complexity index is 618. The van der Waals surface area contributed by atoms with E-state index >= 15 is 0 Å². The summed E-state index contributed by atoms with van der Waals surface area (Å²) in [5.74, 6) is -0.195. The Kier molecular flexibility index (Phi) is 4.85. The van der Waals surface area contributed by atoms with Gasteiger partial charge in [0.25, 0.3) is 0 Å². The Hall–Kier alpha value is -1.04. The summed E-state index contributed by atoms with van der Waals surface area (Å²) in [4.78, 5) is 0.677. The van der Waals surface area contributed by atoms with E-state index in [1.165, 1.54) is 6.07 Å². The van der Waals surface area contributed by atoms with E-state index in [0.717, 1.165) is 10.0 Å². The van der Waals surface area contributed by atoms with Crippen molar-refractivity contribution in [3.05, 3.63) is 63.9 Å². The molecule has 1 atom stereocenters. The van der Waals surface area contributed by atoms with E-state index in [1.807, 2.05) is 12.1 Å². The first kappa shape index (κ1) is 14.4. The second-order valence-electron chi connectivity index (χ2n) is 4.08. The molecule has 0 fully saturated rings. The van der Waals surface area contributed by atoms with E-state index in [0.29, 0.717) is 17.0 Å². The second kappa shape index (κ2) is 6.41. The molecule has 2 aromatic rings. The molecule has 0 heterocycles. The van der Waals surface area contributed by atoms with Crippen LogP contribution >= 0.6 is 15.9 Å². The number of nitrogens with two attached hydrogens (primary N) is 1. The maximum Gasteiger partial charge on any atom is 0.127 e. The van der Waals surface area contributed by atoms with Crippen LogP contribution < -0.4 is 5.73 Å². The molecule has 0 radical (unpaired) electrons. The molecule has 0 spiro atoms. The minimum absolute atomic E-state index is 0.160. The highest BCUT2D eigenvalue weighted by Gasteiger charge is 2.10. The van der Waals surface area contributed by atoms with Crippen molar-refractivity contribution in [2.45, 2.75) is 17.2 Å². The fourth-order valence-electron chi connectivity index (χ4n) is 1.67. The third-order valence-electron chi connectivity index (χ3n) is 2.70. The maximum atomic E-state index is 13.8. The molecule has 0 aliphatic carbocycles. The lowest BCUT2D eigenvalue weighted by atomic mass is 10.1. The van der Waals surface area contributed by atoms with Gasteiger partial charge in [-0.25, -0.2) is 4.39 Å². The van der Waals surface area contributed by atoms with Crippen LogP contribution in [0.15, 0.2) is 51.8 Å². The van der Waals surface area contributed by atoms with Crippen molar-refractivity contribution >= 4 is 26.7 Å². The summed E-state index contributed by atoms with van der Waals surface area (Å²) in [6.45, 7) is 0.298. The van der Waals surface area contributed by atoms with Crippen LogP contribution in [-0.2, 0) is 23.1 Å². The van der Waals surface area contributed by atoms with Crippen LogP contribution in [0.2, 0.25) is 0 Å². The van der Waals surface area contributed by atoms with Crippen molar-refractivity contribution in [3.8, 4) is 0 Å². The highest BCUT2D eigenvalue weighted by molar-refractivity contribution is 9.10. The van der Waals surface area contributed by atoms with Crippen molar-refractivity contribution in [2.24, 2.45) is 5.73 Å². The Morgan fingerprint density at radius 1 is 1.21 bits per heavy atom. The first-order valence-electron chi connectivity index (χ1n) is 5.71. The van der Waals surface area contributed by atoms with Crippen LogP contribution in [0.3, 0.4) is 0 Å². The van der Waals surface area contributed by atoms with Crippen LogP contribution in [0.5, 0.6) is 0 Å². The lowest BCUT2D eigenvalue weighted by Crippen LogP contribution is -2.02. The zero-order valence-electron chi connectivity index (χ0n) is 10.1. The van der Waals surface area contributed by atoms with Crippen LogP contribution in [0.25, 0.3) is 0 Å². The quantitative estimate of drug-likeness (QED) is 0.926. The standard InChI is InChI=1S/C14H13BrFNOS/c15-12-2-1-3-13(7-12)19(18)9-11-5-4-10(8-17)6-14(11)16/h1-7H,8-9,17H2. The van der Waals surface area contributed by atoms with Crippen molar-refractivity contribution < 1.29 is 8.60 Å². The SMILES string of the molecule is NCc1ccc(CS(=O)c2cccc(Br)c2)c(F)c1. The molecule has 0 saturated heterocycles. The highest BCUT2D eigenvalue weighted by Crippen LogP contribution is 2.19. The molecule has 0 aliphatic heterocycles. The highest BCUT2D eigenvalue weighted by atomic mass is 79.9. The summed E-state index contributed by atoms with van der Waals surface area (Å²) in [6.07, 6.45) is 0. The third-order valence-corrected chi connectivity index (χ3v) is 4.54. The smallest absolute Gasteiger partial charge is 0.127 e. The third kappa shape index (κ3) is 3.72. The molecule has 0 aromatic heterocycles. The Balaban J connectivity index is 2.19. The van der Waals surface area contributed by atoms with E-state index in [-0.39, 0.29) is 11.6 Å². The van der Waals surface area contributed by atoms with Gasteiger partial charge in [-0.3, -0.25) is 4.21 Å². The van der Waals surface area contributed by atoms with Gasteiger partial charge in [0, 0.05) is 21.5 Å². The van der Waals surface area contributed by atoms with Gasteiger partial charge in [-0.05, 0) is 29.8 Å². The van der Waals surface area contributed by atoms with Crippen molar-refractivity contribution in [2.75, 3.05) is 0 Å². The van der Waals surface area contributed by atoms with Crippen LogP contribution in [0.1, 0.15) is 11.1 Å². The normalized spacial score (nSPS) is 12.4. The Labute approximate surface area is 122 Å². The van der Waals surface area contributed by atoms with E-state index in [1.54, 1.807) is 24.3 Å². The Morgan fingerprint density at radius 2 is 2.00 bits per heavy atom. The zero-order valence-corrected chi connectivity index (χ0v) is 12.5. The molecular formula is C14H13BrFNOS. The van der Waals surface area contributed by atoms with Gasteiger partial charge in [0.1, 0.15) is 5.82 Å². The van der Waals surface area contributed by atoms with E-state index in [2.05, 4.69) is 15.9 Å². The predicted octanol–water partition coefficient (Wildman–Crippen LogP) is 3.35. The molecule has 0 amide bonds. The summed E-state index contributed by atoms with van der Waals surface area (Å²) < 4.78 is 26.8. The van der Waals surface area contributed by atoms with Crippen LogP contribution in [0.4, 0.5) is 4.39 Å². The molecule has 2 N–H and O–H groups in total. The van der Waals surface area contributed by atoms with Crippen LogP contribution in [0, 0.1) is 5.82 Å². The fraction of sp³-hybridized carbons (Fsp3) is 0.143. The van der Waals surface area contributed by atoms with E-state index in [9.17, 15) is 8.60 Å². The van der Waals surface area contributed by atoms with Gasteiger partial charge >= 0.3 is 0 Å². The van der Waals surface area contributed by atoms with Gasteiger partial charge in [-0.2, -0.15) is 0 Å². The summed E-state index contributed by atoms with van der Waals surface area (Å²) >= 11 is 3.33. The first-order chi connectivity index (χ1) is 9.10. The molecule has 1 unspecified atom stereocenters. The van der Waals surface area contributed by atoms with Crippen molar-refractivity contribution in [1.82, 2.24) is 0 Å². The lowest BCUT2D eigenvalue weighted by Gasteiger charge is -2.06. The molecule has 0 aliphatic rings. The van der Waals surface area contributed by atoms with E-state index in [4.69, 9.17) is 5.73 Å². The lowest BCUT2D eigenvalue weighted by molar-refractivity contribution is 0.613. The zero-order chi connectivity index (χ0) is 13.8. The van der Waals surface area contributed by atoms with Gasteiger partial charge in [-0.1, -0.05) is 34.1 Å². The number of hydrogen-bond acceptors (Lipinski definition) is 2. The van der Waals surface area contributed by atoms with Gasteiger partial charge in [0.2, 0.25) is 0 Å². The number of halogens is 2. The summed E-state index contributed by atoms with van der Waals surface area (Å²) in [6, 6.07) is 12.0. The summed E-state index contributed by atoms with van der Waals surface area (Å²) in [7, 11) is -1.26. The minimum atomic E-state index is -1.26. The number of hydrogen-bond donors (Lipinski definition) is 1. The van der Waals surface area contributed by atoms with Gasteiger partial charge in [-0.15, -0.1) is 0 Å². The molecule has 0 bridgehead atoms. The molecule has 19 heavy (non-hydrogen) atoms. The molecule has 2 rings (SSSR count). The fourth-order valence-corrected chi connectivity index (χ4v) is 3.39. The first-order valence-corrected chi connectivity index (χ1v) is 7.82. The average molecular weight is 342 g/mol. The molecule has 5 heteroatoms. The molecular weight excluding hydrogens is 329 g/mol. The second-order valence-corrected chi connectivity index (χ2v) is 6.44. The predicted molar refractivity (Wildman–Crippen MR) is 78.5 cm³/mol. The molecule has 2 aromatic carbocycles. The molecule has 0 saturated carbocycles. The number of benzene rings is 2. The van der Waals surface area contributed by atoms with Crippen molar-refractivity contribution in [1.29, 1.82) is 0 Å². The largest absolute Gasteiger partial charge is 0.326 e. The Morgan fingerprint density at radius 3 is 2.63 bits per heavy atom. The average Bonchev–Trinajstić information content (AvgIpc) is 2.41.